The fourth-order valence-corrected chi connectivity index (χ4v) is 2.53. The van der Waals surface area contributed by atoms with Crippen LogP contribution >= 0.6 is 15.9 Å². The monoisotopic (exact) mass is 362 g/mol. The van der Waals surface area contributed by atoms with E-state index in [0.29, 0.717) is 0 Å². The molecule has 0 amide bonds. The molecule has 0 aliphatic carbocycles. The zero-order valence-electron chi connectivity index (χ0n) is 15.1. The van der Waals surface area contributed by atoms with Gasteiger partial charge in [-0.2, -0.15) is 0 Å². The van der Waals surface area contributed by atoms with Crippen molar-refractivity contribution in [1.82, 2.24) is 0 Å². The molecule has 3 heteroatoms. The van der Waals surface area contributed by atoms with Gasteiger partial charge in [-0.1, -0.05) is 35.9 Å². The number of hydrogen-bond acceptors (Lipinski definition) is 1. The summed E-state index contributed by atoms with van der Waals surface area (Å²) in [6.45, 7) is 12.8. The summed E-state index contributed by atoms with van der Waals surface area (Å²) in [6.07, 6.45) is 11.5. The first-order valence-electron chi connectivity index (χ1n) is 8.33. The van der Waals surface area contributed by atoms with Gasteiger partial charge in [-0.05, 0) is 51.1 Å². The van der Waals surface area contributed by atoms with Crippen molar-refractivity contribution in [2.24, 2.45) is 0 Å². The molecule has 0 aromatic heterocycles. The van der Waals surface area contributed by atoms with Crippen LogP contribution in [-0.4, -0.2) is 43.6 Å². The van der Waals surface area contributed by atoms with Crippen molar-refractivity contribution in [3.8, 4) is 0 Å². The highest BCUT2D eigenvalue weighted by Gasteiger charge is 2.23. The van der Waals surface area contributed by atoms with E-state index in [-0.39, 0.29) is 0 Å². The van der Waals surface area contributed by atoms with Crippen molar-refractivity contribution >= 4 is 15.9 Å². The van der Waals surface area contributed by atoms with E-state index in [4.69, 9.17) is 4.74 Å². The molecule has 0 atom stereocenters. The van der Waals surface area contributed by atoms with E-state index in [0.717, 1.165) is 18.8 Å². The molecule has 0 N–H and O–H groups in total. The second-order valence-corrected chi connectivity index (χ2v) is 5.24. The van der Waals surface area contributed by atoms with Gasteiger partial charge in [-0.25, -0.2) is 0 Å². The van der Waals surface area contributed by atoms with Crippen LogP contribution in [0.1, 0.15) is 53.4 Å². The smallest absolute Gasteiger partial charge is 0.114 e. The molecule has 1 heterocycles. The second kappa shape index (κ2) is 16.1. The van der Waals surface area contributed by atoms with E-state index >= 15 is 0 Å². The SMILES string of the molecule is C/C=C\C(=C/C)OCCC[N+]1(C)CCCCC1.CBr.CC. The van der Waals surface area contributed by atoms with Crippen molar-refractivity contribution in [3.05, 3.63) is 24.0 Å². The number of likely N-dealkylation sites (tertiary alicyclic amines) is 1. The number of rotatable bonds is 6. The topological polar surface area (TPSA) is 9.23 Å². The lowest BCUT2D eigenvalue weighted by Gasteiger charge is -2.37. The van der Waals surface area contributed by atoms with Crippen LogP contribution in [0, 0.1) is 0 Å². The Hall–Kier alpha value is -0.280. The van der Waals surface area contributed by atoms with Crippen molar-refractivity contribution in [2.75, 3.05) is 39.1 Å². The highest BCUT2D eigenvalue weighted by molar-refractivity contribution is 9.08. The molecule has 0 aromatic rings. The van der Waals surface area contributed by atoms with Crippen molar-refractivity contribution < 1.29 is 9.22 Å². The number of alkyl halides is 1. The third-order valence-electron chi connectivity index (χ3n) is 3.62. The lowest BCUT2D eigenvalue weighted by atomic mass is 10.1. The Labute approximate surface area is 142 Å². The minimum atomic E-state index is 0.845. The summed E-state index contributed by atoms with van der Waals surface area (Å²) in [5.74, 6) is 2.81. The van der Waals surface area contributed by atoms with Gasteiger partial charge in [0.2, 0.25) is 0 Å². The Morgan fingerprint density at radius 2 is 1.67 bits per heavy atom. The van der Waals surface area contributed by atoms with Crippen molar-refractivity contribution in [1.29, 1.82) is 0 Å². The first-order valence-corrected chi connectivity index (χ1v) is 9.92. The van der Waals surface area contributed by atoms with Gasteiger partial charge in [0.05, 0.1) is 33.3 Å². The van der Waals surface area contributed by atoms with Gasteiger partial charge < -0.3 is 9.22 Å². The first kappa shape index (κ1) is 23.0. The number of hydrogen-bond donors (Lipinski definition) is 0. The van der Waals surface area contributed by atoms with Crippen LogP contribution in [0.5, 0.6) is 0 Å². The molecule has 0 bridgehead atoms. The second-order valence-electron chi connectivity index (χ2n) is 5.24. The average molecular weight is 363 g/mol. The minimum absolute atomic E-state index is 0.845. The van der Waals surface area contributed by atoms with Crippen LogP contribution in [0.3, 0.4) is 0 Å². The summed E-state index contributed by atoms with van der Waals surface area (Å²) in [4.78, 5) is 0. The van der Waals surface area contributed by atoms with E-state index in [1.54, 1.807) is 0 Å². The minimum Gasteiger partial charge on any atom is -0.494 e. The molecular weight excluding hydrogens is 326 g/mol. The van der Waals surface area contributed by atoms with E-state index in [1.165, 1.54) is 43.4 Å². The van der Waals surface area contributed by atoms with E-state index in [1.807, 2.05) is 51.8 Å². The van der Waals surface area contributed by atoms with Crippen LogP contribution in [0.4, 0.5) is 0 Å². The molecule has 1 aliphatic rings. The highest BCUT2D eigenvalue weighted by Crippen LogP contribution is 2.16. The van der Waals surface area contributed by atoms with Gasteiger partial charge >= 0.3 is 0 Å². The van der Waals surface area contributed by atoms with Crippen molar-refractivity contribution in [2.45, 2.75) is 53.4 Å². The molecule has 2 nitrogen and oxygen atoms in total. The van der Waals surface area contributed by atoms with Gasteiger partial charge in [-0.15, -0.1) is 0 Å². The maximum atomic E-state index is 5.73. The zero-order chi connectivity index (χ0) is 16.6. The summed E-state index contributed by atoms with van der Waals surface area (Å²) in [7, 11) is 2.39. The largest absolute Gasteiger partial charge is 0.494 e. The molecular formula is C18H37BrNO+. The number of ether oxygens (including phenoxy) is 1. The lowest BCUT2D eigenvalue weighted by Crippen LogP contribution is -2.48. The Kier molecular flexibility index (Phi) is 17.6. The Morgan fingerprint density at radius 3 is 2.14 bits per heavy atom. The quantitative estimate of drug-likeness (QED) is 0.198. The van der Waals surface area contributed by atoms with Crippen LogP contribution in [0.15, 0.2) is 24.0 Å². The highest BCUT2D eigenvalue weighted by atomic mass is 79.9. The molecule has 1 fully saturated rings. The number of piperidine rings is 1. The van der Waals surface area contributed by atoms with Gasteiger partial charge in [0.15, 0.2) is 0 Å². The average Bonchev–Trinajstić information content (AvgIpc) is 2.55. The maximum Gasteiger partial charge on any atom is 0.114 e. The molecule has 1 aliphatic heterocycles. The third kappa shape index (κ3) is 12.0. The normalized spacial score (nSPS) is 17.4. The number of allylic oxidation sites excluding steroid dienone is 3. The molecule has 0 spiro atoms. The summed E-state index contributed by atoms with van der Waals surface area (Å²) in [5.41, 5.74) is 0. The predicted molar refractivity (Wildman–Crippen MR) is 100.0 cm³/mol. The summed E-state index contributed by atoms with van der Waals surface area (Å²) < 4.78 is 6.98. The molecule has 1 saturated heterocycles. The Morgan fingerprint density at radius 1 is 1.10 bits per heavy atom. The van der Waals surface area contributed by atoms with Crippen LogP contribution in [0.2, 0.25) is 0 Å². The van der Waals surface area contributed by atoms with Gasteiger partial charge in [0.25, 0.3) is 0 Å². The number of quaternary nitrogens is 1. The molecule has 126 valence electrons. The predicted octanol–water partition coefficient (Wildman–Crippen LogP) is 5.54. The lowest BCUT2D eigenvalue weighted by molar-refractivity contribution is -0.914. The molecule has 1 rings (SSSR count). The standard InChI is InChI=1S/C15H28NO.C2H6.CH3Br/c1-4-10-15(5-2)17-14-9-13-16(3)11-7-6-8-12-16;2*1-2/h4-5,10H,6-9,11-14H2,1-3H3;1-2H3;1H3/q+1;;/b10-4-,15-5+;;. The van der Waals surface area contributed by atoms with Crippen LogP contribution in [0.25, 0.3) is 0 Å². The molecule has 0 radical (unpaired) electrons. The maximum absolute atomic E-state index is 5.73. The van der Waals surface area contributed by atoms with Gasteiger partial charge in [0.1, 0.15) is 5.76 Å². The number of nitrogens with zero attached hydrogens (tertiary/aromatic N) is 1. The zero-order valence-corrected chi connectivity index (χ0v) is 16.7. The Balaban J connectivity index is 0. The van der Waals surface area contributed by atoms with Crippen molar-refractivity contribution in [3.63, 3.8) is 0 Å². The molecule has 0 unspecified atom stereocenters. The molecule has 21 heavy (non-hydrogen) atoms. The van der Waals surface area contributed by atoms with E-state index in [2.05, 4.69) is 23.0 Å². The van der Waals surface area contributed by atoms with Crippen LogP contribution < -0.4 is 0 Å². The summed E-state index contributed by atoms with van der Waals surface area (Å²) in [5, 5.41) is 0. The van der Waals surface area contributed by atoms with E-state index < -0.39 is 0 Å². The third-order valence-corrected chi connectivity index (χ3v) is 3.62. The molecule has 0 aromatic carbocycles. The fourth-order valence-electron chi connectivity index (χ4n) is 2.53. The first-order chi connectivity index (χ1) is 10.2. The van der Waals surface area contributed by atoms with Crippen LogP contribution in [-0.2, 0) is 4.74 Å². The summed E-state index contributed by atoms with van der Waals surface area (Å²) in [6, 6.07) is 0. The summed E-state index contributed by atoms with van der Waals surface area (Å²) >= 11 is 2.94. The van der Waals surface area contributed by atoms with Gasteiger partial charge in [-0.3, -0.25) is 0 Å². The van der Waals surface area contributed by atoms with Gasteiger partial charge in [0, 0.05) is 6.42 Å². The fraction of sp³-hybridized carbons (Fsp3) is 0.778. The molecule has 0 saturated carbocycles. The Bertz CT molecular complexity index is 268. The van der Waals surface area contributed by atoms with E-state index in [9.17, 15) is 0 Å². The number of halogens is 1.